The average molecular weight is 522 g/mol. The van der Waals surface area contributed by atoms with E-state index in [9.17, 15) is 32.9 Å². The predicted molar refractivity (Wildman–Crippen MR) is 126 cm³/mol. The van der Waals surface area contributed by atoms with Gasteiger partial charge in [0.15, 0.2) is 0 Å². The number of halogens is 3. The first-order valence-corrected chi connectivity index (χ1v) is 10.3. The summed E-state index contributed by atoms with van der Waals surface area (Å²) in [4.78, 5) is 33.4. The molecule has 0 saturated carbocycles. The Hall–Kier alpha value is -4.52. The summed E-state index contributed by atoms with van der Waals surface area (Å²) in [6.45, 7) is -0.632. The molecule has 37 heavy (non-hydrogen) atoms. The van der Waals surface area contributed by atoms with Crippen molar-refractivity contribution >= 4 is 29.4 Å². The summed E-state index contributed by atoms with van der Waals surface area (Å²) >= 11 is 0. The smallest absolute Gasteiger partial charge is 0.423 e. The first-order chi connectivity index (χ1) is 17.3. The molecular weight excluding hydrogens is 501 g/mol. The van der Waals surface area contributed by atoms with Crippen molar-refractivity contribution in [1.82, 2.24) is 0 Å². The third kappa shape index (κ3) is 7.01. The summed E-state index contributed by atoms with van der Waals surface area (Å²) in [7, 11) is 2.38. The Balaban J connectivity index is 0.000000521. The molecule has 1 heterocycles. The Morgan fingerprint density at radius 3 is 2.11 bits per heavy atom. The van der Waals surface area contributed by atoms with Crippen molar-refractivity contribution in [1.29, 1.82) is 0 Å². The number of non-ortho nitro benzene ring substituents is 1. The molecule has 1 aliphatic rings. The van der Waals surface area contributed by atoms with Gasteiger partial charge in [0.05, 0.1) is 24.3 Å². The number of allylic oxidation sites excluding steroid dienone is 1. The number of nitrogens with zero attached hydrogens (tertiary/aromatic N) is 2. The number of carbonyl (C=O) groups is 2. The molecule has 196 valence electrons. The van der Waals surface area contributed by atoms with Crippen LogP contribution >= 0.6 is 0 Å². The van der Waals surface area contributed by atoms with Crippen molar-refractivity contribution < 1.29 is 47.4 Å². The Kier molecular flexibility index (Phi) is 9.27. The van der Waals surface area contributed by atoms with E-state index in [0.29, 0.717) is 23.4 Å². The fourth-order valence-electron chi connectivity index (χ4n) is 3.27. The average Bonchev–Trinajstić information content (AvgIpc) is 2.85. The number of rotatable bonds is 7. The first kappa shape index (κ1) is 28.7. The number of carboxylic acids is 2. The van der Waals surface area contributed by atoms with Gasteiger partial charge in [-0.15, -0.1) is 0 Å². The van der Waals surface area contributed by atoms with E-state index >= 15 is 0 Å². The van der Waals surface area contributed by atoms with Gasteiger partial charge in [-0.3, -0.25) is 15.1 Å². The minimum Gasteiger partial charge on any atom is -0.497 e. The maximum absolute atomic E-state index is 13.9. The maximum Gasteiger partial charge on any atom is 0.423 e. The molecular formula is C24H21F3N2O8. The highest BCUT2D eigenvalue weighted by Crippen LogP contribution is 2.46. The summed E-state index contributed by atoms with van der Waals surface area (Å²) in [5.41, 5.74) is -1.43. The molecule has 0 fully saturated rings. The number of fused-ring (bicyclic) bond motifs is 1. The zero-order valence-electron chi connectivity index (χ0n) is 19.4. The second kappa shape index (κ2) is 11.9. The molecule has 0 amide bonds. The highest BCUT2D eigenvalue weighted by molar-refractivity contribution is 6.12. The number of benzene rings is 2. The van der Waals surface area contributed by atoms with Crippen molar-refractivity contribution in [3.63, 3.8) is 0 Å². The van der Waals surface area contributed by atoms with Gasteiger partial charge in [-0.2, -0.15) is 13.2 Å². The van der Waals surface area contributed by atoms with Gasteiger partial charge in [0.1, 0.15) is 5.75 Å². The van der Waals surface area contributed by atoms with Gasteiger partial charge < -0.3 is 19.7 Å². The molecule has 0 aromatic heterocycles. The Morgan fingerprint density at radius 1 is 1.05 bits per heavy atom. The molecule has 2 aromatic rings. The number of ether oxygens (including phenoxy) is 2. The molecule has 0 bridgehead atoms. The predicted octanol–water partition coefficient (Wildman–Crippen LogP) is 4.24. The summed E-state index contributed by atoms with van der Waals surface area (Å²) in [5.74, 6) is -2.24. The van der Waals surface area contributed by atoms with Crippen molar-refractivity contribution in [2.24, 2.45) is 4.99 Å². The van der Waals surface area contributed by atoms with Gasteiger partial charge in [0.2, 0.25) is 5.60 Å². The lowest BCUT2D eigenvalue weighted by molar-refractivity contribution is -0.384. The SMILES string of the molecule is COc1ccc2c(c1)C(OC)(C(F)(F)F)CN=C2C=Cc1ccc([N+](=O)[O-])cc1.O=C(O)C=CC(=O)O. The number of hydrogen-bond donors (Lipinski definition) is 2. The molecule has 0 spiro atoms. The number of aliphatic carboxylic acids is 2. The van der Waals surface area contributed by atoms with Crippen LogP contribution in [0.1, 0.15) is 16.7 Å². The van der Waals surface area contributed by atoms with Crippen LogP contribution in [0.15, 0.2) is 65.7 Å². The molecule has 13 heteroatoms. The van der Waals surface area contributed by atoms with Crippen molar-refractivity contribution in [3.05, 3.63) is 87.5 Å². The number of alkyl halides is 3. The van der Waals surface area contributed by atoms with E-state index in [2.05, 4.69) is 4.99 Å². The standard InChI is InChI=1S/C20H17F3N2O4.C4H4O4/c1-28-15-8-9-16-17(11-15)19(29-2,20(21,22)23)12-24-18(16)10-5-13-3-6-14(7-4-13)25(26)27;5-3(6)1-2-4(7)8/h3-11H,12H2,1-2H3;1-2H,(H,5,6)(H,7,8). The van der Waals surface area contributed by atoms with Gasteiger partial charge in [-0.25, -0.2) is 9.59 Å². The monoisotopic (exact) mass is 522 g/mol. The van der Waals surface area contributed by atoms with Gasteiger partial charge >= 0.3 is 18.1 Å². The van der Waals surface area contributed by atoms with E-state index in [1.165, 1.54) is 31.4 Å². The van der Waals surface area contributed by atoms with Gasteiger partial charge in [-0.05, 0) is 42.0 Å². The molecule has 1 atom stereocenters. The normalized spacial score (nSPS) is 16.9. The van der Waals surface area contributed by atoms with Crippen molar-refractivity contribution in [2.45, 2.75) is 11.8 Å². The fourth-order valence-corrected chi connectivity index (χ4v) is 3.27. The summed E-state index contributed by atoms with van der Waals surface area (Å²) in [6, 6.07) is 10.1. The number of methoxy groups -OCH3 is 2. The van der Waals surface area contributed by atoms with Gasteiger partial charge in [0, 0.05) is 42.5 Å². The van der Waals surface area contributed by atoms with E-state index in [0.717, 1.165) is 7.11 Å². The zero-order valence-corrected chi connectivity index (χ0v) is 19.4. The quantitative estimate of drug-likeness (QED) is 0.312. The zero-order chi connectivity index (χ0) is 27.8. The van der Waals surface area contributed by atoms with E-state index in [1.54, 1.807) is 30.4 Å². The van der Waals surface area contributed by atoms with Crippen LogP contribution in [0.4, 0.5) is 18.9 Å². The van der Waals surface area contributed by atoms with Crippen LogP contribution in [0.25, 0.3) is 6.08 Å². The van der Waals surface area contributed by atoms with Crippen LogP contribution < -0.4 is 4.74 Å². The van der Waals surface area contributed by atoms with Crippen LogP contribution in [-0.2, 0) is 19.9 Å². The molecule has 0 radical (unpaired) electrons. The van der Waals surface area contributed by atoms with Crippen molar-refractivity contribution in [2.75, 3.05) is 20.8 Å². The lowest BCUT2D eigenvalue weighted by Gasteiger charge is -2.37. The lowest BCUT2D eigenvalue weighted by Crippen LogP contribution is -2.49. The fraction of sp³-hybridized carbons (Fsp3) is 0.208. The number of nitro groups is 1. The molecule has 2 N–H and O–H groups in total. The van der Waals surface area contributed by atoms with Crippen LogP contribution in [0.5, 0.6) is 5.75 Å². The van der Waals surface area contributed by atoms with E-state index < -0.39 is 35.2 Å². The van der Waals surface area contributed by atoms with Gasteiger partial charge in [0.25, 0.3) is 5.69 Å². The summed E-state index contributed by atoms with van der Waals surface area (Å²) in [5, 5.41) is 26.4. The summed E-state index contributed by atoms with van der Waals surface area (Å²) in [6.07, 6.45) is -0.364. The Labute approximate surface area is 208 Å². The third-order valence-corrected chi connectivity index (χ3v) is 5.12. The topological polar surface area (TPSA) is 149 Å². The molecule has 3 rings (SSSR count). The van der Waals surface area contributed by atoms with E-state index in [4.69, 9.17) is 19.7 Å². The first-order valence-electron chi connectivity index (χ1n) is 10.3. The molecule has 0 saturated heterocycles. The minimum atomic E-state index is -4.68. The van der Waals surface area contributed by atoms with Crippen LogP contribution in [0, 0.1) is 10.1 Å². The lowest BCUT2D eigenvalue weighted by atomic mass is 9.84. The summed E-state index contributed by atoms with van der Waals surface area (Å²) < 4.78 is 51.7. The highest BCUT2D eigenvalue weighted by atomic mass is 19.4. The number of hydrogen-bond acceptors (Lipinski definition) is 7. The second-order valence-electron chi connectivity index (χ2n) is 7.33. The molecule has 1 unspecified atom stereocenters. The van der Waals surface area contributed by atoms with Crippen LogP contribution in [-0.4, -0.2) is 59.7 Å². The molecule has 0 aliphatic carbocycles. The highest BCUT2D eigenvalue weighted by Gasteiger charge is 2.59. The second-order valence-corrected chi connectivity index (χ2v) is 7.33. The molecule has 1 aliphatic heterocycles. The Bertz CT molecular complexity index is 1240. The number of carboxylic acid groups (broad SMARTS) is 2. The molecule has 10 nitrogen and oxygen atoms in total. The van der Waals surface area contributed by atoms with Gasteiger partial charge in [-0.1, -0.05) is 6.08 Å². The van der Waals surface area contributed by atoms with E-state index in [-0.39, 0.29) is 22.6 Å². The third-order valence-electron chi connectivity index (χ3n) is 5.12. The van der Waals surface area contributed by atoms with Crippen molar-refractivity contribution in [3.8, 4) is 5.75 Å². The maximum atomic E-state index is 13.9. The number of nitro benzene ring substituents is 1. The largest absolute Gasteiger partial charge is 0.497 e. The Morgan fingerprint density at radius 2 is 1.65 bits per heavy atom. The van der Waals surface area contributed by atoms with Crippen LogP contribution in [0.3, 0.4) is 0 Å². The number of aliphatic imine (C=N–C) groups is 1. The van der Waals surface area contributed by atoms with E-state index in [1.807, 2.05) is 0 Å². The molecule has 2 aromatic carbocycles. The minimum absolute atomic E-state index is 0.0512. The van der Waals surface area contributed by atoms with Crippen LogP contribution in [0.2, 0.25) is 0 Å².